The number of H-pyrrole nitrogens is 2. The molecule has 0 atom stereocenters. The van der Waals surface area contributed by atoms with Gasteiger partial charge in [0.25, 0.3) is 25.5 Å². The third-order valence-corrected chi connectivity index (χ3v) is 11.9. The molecule has 0 bridgehead atoms. The first-order valence-electron chi connectivity index (χ1n) is 18.3. The fourth-order valence-corrected chi connectivity index (χ4v) is 6.59. The van der Waals surface area contributed by atoms with Crippen molar-refractivity contribution in [3.63, 3.8) is 0 Å². The predicted molar refractivity (Wildman–Crippen MR) is 298 cm³/mol. The van der Waals surface area contributed by atoms with Crippen molar-refractivity contribution in [1.82, 2.24) is 40.0 Å². The first-order valence-corrected chi connectivity index (χ1v) is 31.0. The smallest absolute Gasteiger partial charge is 0.857 e. The number of nitrogens with one attached hydrogen (secondary N) is 2. The van der Waals surface area contributed by atoms with Crippen LogP contribution in [0.4, 0.5) is 0 Å². The summed E-state index contributed by atoms with van der Waals surface area (Å²) in [5.41, 5.74) is 1.10. The fraction of sp³-hybridized carbons (Fsp3) is 0.150. The van der Waals surface area contributed by atoms with Crippen LogP contribution in [0.25, 0.3) is 0 Å². The van der Waals surface area contributed by atoms with Crippen LogP contribution in [0.15, 0.2) is 121 Å². The molecule has 0 fully saturated rings. The Labute approximate surface area is 508 Å². The molecule has 3 aromatic carbocycles. The van der Waals surface area contributed by atoms with Gasteiger partial charge in [-0.05, 0) is 50.8 Å². The number of benzene rings is 3. The predicted octanol–water partition coefficient (Wildman–Crippen LogP) is 9.97. The Bertz CT molecular complexity index is 3050. The van der Waals surface area contributed by atoms with E-state index in [-0.39, 0.29) is 78.3 Å². The van der Waals surface area contributed by atoms with Gasteiger partial charge < -0.3 is 14.6 Å². The monoisotopic (exact) mass is 1480 g/mol. The van der Waals surface area contributed by atoms with E-state index in [9.17, 15) is 23.7 Å². The van der Waals surface area contributed by atoms with Crippen LogP contribution in [0.1, 0.15) is 16.7 Å². The zero-order chi connectivity index (χ0) is 53.1. The number of aromatic amines is 2. The van der Waals surface area contributed by atoms with E-state index in [2.05, 4.69) is 109 Å². The van der Waals surface area contributed by atoms with E-state index < -0.39 is 19.9 Å². The summed E-state index contributed by atoms with van der Waals surface area (Å²) in [6.07, 6.45) is 5.50. The van der Waals surface area contributed by atoms with Gasteiger partial charge in [0.2, 0.25) is 0 Å². The Kier molecular flexibility index (Phi) is 36.7. The van der Waals surface area contributed by atoms with Gasteiger partial charge in [0.1, 0.15) is 10.0 Å². The molecule has 378 valence electrons. The zero-order valence-corrected chi connectivity index (χ0v) is 53.5. The van der Waals surface area contributed by atoms with Crippen LogP contribution in [0, 0.1) is 0 Å². The minimum absolute atomic E-state index is 0. The minimum Gasteiger partial charge on any atom is -0.857 e. The average molecular weight is 1490 g/mol. The normalized spacial score (nSPS) is 9.82. The van der Waals surface area contributed by atoms with Crippen LogP contribution in [-0.4, -0.2) is 61.3 Å². The first kappa shape index (κ1) is 69.7. The second-order valence-corrected chi connectivity index (χ2v) is 34.9. The zero-order valence-electron chi connectivity index (χ0n) is 36.7. The second kappa shape index (κ2) is 37.4. The Morgan fingerprint density at radius 3 is 1.30 bits per heavy atom. The Balaban J connectivity index is 0.000000855. The topological polar surface area (TPSA) is 220 Å². The first-order chi connectivity index (χ1) is 33.0. The number of methoxy groups -OCH3 is 2. The van der Waals surface area contributed by atoms with Gasteiger partial charge in [-0.1, -0.05) is 163 Å². The maximum absolute atomic E-state index is 11.9. The van der Waals surface area contributed by atoms with Crippen LogP contribution in [-0.2, 0) is 23.0 Å². The molecule has 7 aromatic rings. The molecule has 0 aliphatic rings. The molecular formula is C40H33Br5Cl8N8NaO8P. The van der Waals surface area contributed by atoms with Crippen molar-refractivity contribution in [2.24, 2.45) is 0 Å². The summed E-state index contributed by atoms with van der Waals surface area (Å²) in [5, 5.41) is 30.5. The molecule has 4 heterocycles. The van der Waals surface area contributed by atoms with E-state index in [4.69, 9.17) is 107 Å². The van der Waals surface area contributed by atoms with Gasteiger partial charge in [-0.25, -0.2) is 19.6 Å². The molecule has 0 unspecified atom stereocenters. The quantitative estimate of drug-likeness (QED) is 0.0865. The van der Waals surface area contributed by atoms with Crippen molar-refractivity contribution in [2.45, 2.75) is 18.4 Å². The molecular weight excluding hydrogens is 1460 g/mol. The molecule has 0 aliphatic heterocycles. The number of ether oxygens (including phenoxy) is 2. The van der Waals surface area contributed by atoms with Gasteiger partial charge in [0, 0.05) is 66.9 Å². The minimum atomic E-state index is -2.20. The summed E-state index contributed by atoms with van der Waals surface area (Å²) in [7, 11) is 3.60. The molecule has 0 radical (unpaired) electrons. The molecule has 0 spiro atoms. The van der Waals surface area contributed by atoms with Crippen molar-refractivity contribution in [3.05, 3.63) is 200 Å². The van der Waals surface area contributed by atoms with Crippen molar-refractivity contribution in [2.75, 3.05) is 21.3 Å². The summed E-state index contributed by atoms with van der Waals surface area (Å²) in [5.74, 6) is 0.544. The van der Waals surface area contributed by atoms with E-state index in [0.29, 0.717) is 21.1 Å². The maximum atomic E-state index is 11.9. The molecule has 16 nitrogen and oxygen atoms in total. The molecule has 7 rings (SSSR count). The Hall–Kier alpha value is -1.31. The van der Waals surface area contributed by atoms with Crippen LogP contribution in [0.2, 0.25) is 40.2 Å². The van der Waals surface area contributed by atoms with Gasteiger partial charge in [-0.2, -0.15) is 27.5 Å². The molecule has 31 heteroatoms. The molecule has 0 saturated carbocycles. The van der Waals surface area contributed by atoms with Crippen molar-refractivity contribution in [3.8, 4) is 11.5 Å². The Morgan fingerprint density at radius 1 is 0.563 bits per heavy atom. The van der Waals surface area contributed by atoms with Gasteiger partial charge in [-0.3, -0.25) is 23.7 Å². The van der Waals surface area contributed by atoms with Crippen LogP contribution >= 0.6 is 174 Å². The molecule has 4 aromatic heterocycles. The molecule has 0 aliphatic carbocycles. The number of hydrogen-bond acceptors (Lipinski definition) is 12. The Morgan fingerprint density at radius 2 is 0.930 bits per heavy atom. The average Bonchev–Trinajstić information content (AvgIpc) is 3.33. The summed E-state index contributed by atoms with van der Waals surface area (Å²) in [6, 6.07) is 22.3. The number of halogens is 13. The van der Waals surface area contributed by atoms with Gasteiger partial charge in [0.05, 0.1) is 61.6 Å². The van der Waals surface area contributed by atoms with Crippen molar-refractivity contribution in [1.29, 1.82) is 0 Å². The van der Waals surface area contributed by atoms with Gasteiger partial charge in [-0.15, -0.1) is 0 Å². The van der Waals surface area contributed by atoms with Crippen LogP contribution in [0.3, 0.4) is 0 Å². The second-order valence-electron chi connectivity index (χ2n) is 12.0. The molecule has 0 amide bonds. The molecule has 0 saturated heterocycles. The van der Waals surface area contributed by atoms with E-state index in [0.717, 1.165) is 34.2 Å². The summed E-state index contributed by atoms with van der Waals surface area (Å²) < 4.78 is 20.4. The summed E-state index contributed by atoms with van der Waals surface area (Å²) >= 11 is 60.5. The number of alkyl halides is 1. The van der Waals surface area contributed by atoms with Crippen LogP contribution < -0.4 is 66.4 Å². The largest absolute Gasteiger partial charge is 1.00 e. The third-order valence-electron chi connectivity index (χ3n) is 7.51. The van der Waals surface area contributed by atoms with Crippen molar-refractivity contribution < 1.29 is 48.7 Å². The number of nitrogens with zero attached hydrogens (tertiary/aromatic N) is 6. The number of rotatable bonds is 7. The number of hydrogen-bond donors (Lipinski definition) is 2. The van der Waals surface area contributed by atoms with E-state index in [1.54, 1.807) is 12.1 Å². The summed E-state index contributed by atoms with van der Waals surface area (Å²) in [4.78, 5) is 44.9. The molecule has 71 heavy (non-hydrogen) atoms. The number of aromatic nitrogens is 8. The van der Waals surface area contributed by atoms with Gasteiger partial charge >= 0.3 is 29.6 Å². The van der Waals surface area contributed by atoms with Gasteiger partial charge in [0.15, 0.2) is 21.5 Å². The SMILES string of the molecule is COc1cn[nH]c(=O)c1Cl.COc1cnn(Cc2ccccc2Cl)c(=O)c1Cl.C[O-].Clc1ccccc1CBr.O=P(Br)(Br)Br.O=c1[nH]ncc(Cl)c1Cl.O=c1c(Cl)c(Br)cnn1Cc1ccccc1Cl.[Na+]. The van der Waals surface area contributed by atoms with E-state index in [1.165, 1.54) is 48.4 Å². The third kappa shape index (κ3) is 26.3. The van der Waals surface area contributed by atoms with Crippen LogP contribution in [0.5, 0.6) is 11.5 Å². The fourth-order valence-electron chi connectivity index (χ4n) is 4.32. The van der Waals surface area contributed by atoms with E-state index >= 15 is 0 Å². The standard InChI is InChI=1S/C12H10Cl2N2O2.C11H7BrCl2N2O.C7H6BrCl.C5H5ClN2O2.C4H2Cl2N2O.CH3O.Br3OP.Na/c1-18-10-6-15-16(12(17)11(10)14)7-8-4-2-3-5-9(8)13;12-8-5-15-16(11(17)10(8)14)6-7-3-1-2-4-9(7)13;8-5-6-3-1-2-4-7(6)9;1-10-3-2-7-8-5(9)4(3)6;5-2-1-7-8-4(9)3(2)6;1-2;1-5(2,3)4;/h2-6H,7H2,1H3;1-5H,6H2;1-4H,5H2;2H,1H3,(H,8,9);1H,(H,8,9);1H3;;/q;;;;;-1;;+1. The molecule has 2 N–H and O–H groups in total. The summed E-state index contributed by atoms with van der Waals surface area (Å²) in [6.45, 7) is 0.563. The van der Waals surface area contributed by atoms with E-state index in [1.807, 2.05) is 60.7 Å². The van der Waals surface area contributed by atoms with Crippen molar-refractivity contribution >= 4 is 174 Å². The maximum Gasteiger partial charge on any atom is 1.00 e.